The normalized spacial score (nSPS) is 18.6. The standard InChI is InChI=1S/C21H21N5O3/c1-13-6-7-18(17-5-3-2-4-14(17)9-22)26(12-13)21(29)20(28)25-16-8-15(19(23)27)10-24-11-16/h2-5,8,10-11,13,18H,6-7,12H2,1H3,(H2,23,27)(H,25,28)/t13-,18+/m1/s1. The molecule has 2 heterocycles. The Morgan fingerprint density at radius 3 is 2.72 bits per heavy atom. The van der Waals surface area contributed by atoms with Crippen LogP contribution in [0.2, 0.25) is 0 Å². The van der Waals surface area contributed by atoms with Crippen molar-refractivity contribution in [2.24, 2.45) is 11.7 Å². The van der Waals surface area contributed by atoms with Crippen LogP contribution in [0.1, 0.15) is 47.3 Å². The van der Waals surface area contributed by atoms with Gasteiger partial charge in [-0.05, 0) is 36.5 Å². The molecule has 1 aromatic carbocycles. The van der Waals surface area contributed by atoms with E-state index < -0.39 is 17.7 Å². The molecule has 0 spiro atoms. The topological polar surface area (TPSA) is 129 Å². The number of carbonyl (C=O) groups excluding carboxylic acids is 3. The van der Waals surface area contributed by atoms with Crippen molar-refractivity contribution in [1.29, 1.82) is 5.26 Å². The highest BCUT2D eigenvalue weighted by molar-refractivity contribution is 6.39. The summed E-state index contributed by atoms with van der Waals surface area (Å²) in [5, 5.41) is 11.9. The van der Waals surface area contributed by atoms with Crippen molar-refractivity contribution in [3.63, 3.8) is 0 Å². The highest BCUT2D eigenvalue weighted by Gasteiger charge is 2.35. The zero-order valence-corrected chi connectivity index (χ0v) is 16.0. The number of rotatable bonds is 3. The maximum atomic E-state index is 13.0. The number of benzene rings is 1. The Morgan fingerprint density at radius 1 is 1.24 bits per heavy atom. The smallest absolute Gasteiger partial charge is 0.313 e. The van der Waals surface area contributed by atoms with E-state index in [1.54, 1.807) is 12.1 Å². The SMILES string of the molecule is C[C@@H]1CC[C@@H](c2ccccc2C#N)N(C(=O)C(=O)Nc2cncc(C(N)=O)c2)C1. The van der Waals surface area contributed by atoms with Gasteiger partial charge >= 0.3 is 11.8 Å². The number of nitriles is 1. The fraction of sp³-hybridized carbons (Fsp3) is 0.286. The number of piperidine rings is 1. The van der Waals surface area contributed by atoms with Crippen LogP contribution in [0, 0.1) is 17.2 Å². The molecule has 0 aliphatic carbocycles. The van der Waals surface area contributed by atoms with Gasteiger partial charge in [0, 0.05) is 12.7 Å². The Morgan fingerprint density at radius 2 is 2.00 bits per heavy atom. The fourth-order valence-electron chi connectivity index (χ4n) is 3.55. The molecular weight excluding hydrogens is 370 g/mol. The highest BCUT2D eigenvalue weighted by Crippen LogP contribution is 2.35. The van der Waals surface area contributed by atoms with Crippen molar-refractivity contribution in [3.05, 3.63) is 59.4 Å². The third-order valence-electron chi connectivity index (χ3n) is 4.99. The monoisotopic (exact) mass is 391 g/mol. The van der Waals surface area contributed by atoms with Crippen molar-refractivity contribution < 1.29 is 14.4 Å². The molecule has 1 aliphatic rings. The number of nitrogens with one attached hydrogen (secondary N) is 1. The first-order valence-electron chi connectivity index (χ1n) is 9.26. The molecule has 0 unspecified atom stereocenters. The molecule has 1 fully saturated rings. The second-order valence-electron chi connectivity index (χ2n) is 7.14. The minimum atomic E-state index is -0.832. The molecule has 29 heavy (non-hydrogen) atoms. The summed E-state index contributed by atoms with van der Waals surface area (Å²) in [6.07, 6.45) is 4.16. The first-order valence-corrected chi connectivity index (χ1v) is 9.26. The number of nitrogens with two attached hydrogens (primary N) is 1. The molecule has 3 N–H and O–H groups in total. The van der Waals surface area contributed by atoms with Crippen LogP contribution in [0.15, 0.2) is 42.7 Å². The predicted octanol–water partition coefficient (Wildman–Crippen LogP) is 1.99. The van der Waals surface area contributed by atoms with Gasteiger partial charge in [-0.25, -0.2) is 0 Å². The Balaban J connectivity index is 1.84. The van der Waals surface area contributed by atoms with Crippen LogP contribution in [-0.4, -0.2) is 34.2 Å². The van der Waals surface area contributed by atoms with Gasteiger partial charge in [-0.3, -0.25) is 19.4 Å². The number of nitrogens with zero attached hydrogens (tertiary/aromatic N) is 3. The maximum absolute atomic E-state index is 13.0. The molecule has 0 saturated carbocycles. The molecule has 1 aromatic heterocycles. The van der Waals surface area contributed by atoms with Gasteiger partial charge in [-0.15, -0.1) is 0 Å². The summed E-state index contributed by atoms with van der Waals surface area (Å²) in [7, 11) is 0. The van der Waals surface area contributed by atoms with E-state index in [4.69, 9.17) is 5.73 Å². The first kappa shape index (κ1) is 20.0. The molecule has 2 atom stereocenters. The number of amides is 3. The van der Waals surface area contributed by atoms with E-state index in [0.717, 1.165) is 12.0 Å². The Kier molecular flexibility index (Phi) is 5.88. The molecule has 3 amide bonds. The minimum Gasteiger partial charge on any atom is -0.366 e. The molecule has 148 valence electrons. The lowest BCUT2D eigenvalue weighted by Gasteiger charge is -2.38. The van der Waals surface area contributed by atoms with Gasteiger partial charge in [0.15, 0.2) is 0 Å². The van der Waals surface area contributed by atoms with Crippen LogP contribution in [0.25, 0.3) is 0 Å². The second kappa shape index (κ2) is 8.52. The summed E-state index contributed by atoms with van der Waals surface area (Å²) in [5.41, 5.74) is 6.78. The molecular formula is C21H21N5O3. The van der Waals surface area contributed by atoms with E-state index >= 15 is 0 Å². The van der Waals surface area contributed by atoms with Crippen molar-refractivity contribution >= 4 is 23.4 Å². The van der Waals surface area contributed by atoms with Crippen molar-refractivity contribution in [1.82, 2.24) is 9.88 Å². The average molecular weight is 391 g/mol. The molecule has 3 rings (SSSR count). The van der Waals surface area contributed by atoms with E-state index in [1.807, 2.05) is 19.1 Å². The number of carbonyl (C=O) groups is 3. The number of primary amides is 1. The Bertz CT molecular complexity index is 998. The molecule has 8 nitrogen and oxygen atoms in total. The summed E-state index contributed by atoms with van der Waals surface area (Å²) >= 11 is 0. The molecule has 8 heteroatoms. The van der Waals surface area contributed by atoms with Gasteiger partial charge in [0.25, 0.3) is 0 Å². The third kappa shape index (κ3) is 4.41. The number of anilines is 1. The van der Waals surface area contributed by atoms with Crippen LogP contribution in [-0.2, 0) is 9.59 Å². The summed E-state index contributed by atoms with van der Waals surface area (Å²) < 4.78 is 0. The van der Waals surface area contributed by atoms with Gasteiger partial charge < -0.3 is 16.0 Å². The van der Waals surface area contributed by atoms with Crippen molar-refractivity contribution in [3.8, 4) is 6.07 Å². The number of pyridine rings is 1. The molecule has 1 aliphatic heterocycles. The highest BCUT2D eigenvalue weighted by atomic mass is 16.2. The molecule has 1 saturated heterocycles. The lowest BCUT2D eigenvalue weighted by Crippen LogP contribution is -2.46. The zero-order chi connectivity index (χ0) is 21.0. The van der Waals surface area contributed by atoms with E-state index in [1.165, 1.54) is 23.4 Å². The molecule has 0 bridgehead atoms. The number of hydrogen-bond donors (Lipinski definition) is 2. The van der Waals surface area contributed by atoms with Crippen LogP contribution < -0.4 is 11.1 Å². The van der Waals surface area contributed by atoms with Crippen LogP contribution in [0.5, 0.6) is 0 Å². The van der Waals surface area contributed by atoms with Crippen molar-refractivity contribution in [2.45, 2.75) is 25.8 Å². The number of hydrogen-bond acceptors (Lipinski definition) is 5. The van der Waals surface area contributed by atoms with Gasteiger partial charge in [0.2, 0.25) is 5.91 Å². The largest absolute Gasteiger partial charge is 0.366 e. The van der Waals surface area contributed by atoms with Gasteiger partial charge in [0.05, 0.1) is 35.1 Å². The predicted molar refractivity (Wildman–Crippen MR) is 105 cm³/mol. The fourth-order valence-corrected chi connectivity index (χ4v) is 3.55. The number of likely N-dealkylation sites (tertiary alicyclic amines) is 1. The summed E-state index contributed by atoms with van der Waals surface area (Å²) in [4.78, 5) is 42.2. The summed E-state index contributed by atoms with van der Waals surface area (Å²) in [5.74, 6) is -1.98. The minimum absolute atomic E-state index is 0.127. The second-order valence-corrected chi connectivity index (χ2v) is 7.14. The summed E-state index contributed by atoms with van der Waals surface area (Å²) in [6, 6.07) is 10.3. The van der Waals surface area contributed by atoms with Crippen LogP contribution in [0.4, 0.5) is 5.69 Å². The number of aromatic nitrogens is 1. The van der Waals surface area contributed by atoms with E-state index in [2.05, 4.69) is 16.4 Å². The lowest BCUT2D eigenvalue weighted by atomic mass is 9.88. The lowest BCUT2D eigenvalue weighted by molar-refractivity contribution is -0.146. The Labute approximate surface area is 168 Å². The van der Waals surface area contributed by atoms with Crippen LogP contribution in [0.3, 0.4) is 0 Å². The summed E-state index contributed by atoms with van der Waals surface area (Å²) in [6.45, 7) is 2.43. The first-order chi connectivity index (χ1) is 13.9. The van der Waals surface area contributed by atoms with Gasteiger partial charge in [0.1, 0.15) is 0 Å². The third-order valence-corrected chi connectivity index (χ3v) is 4.99. The quantitative estimate of drug-likeness (QED) is 0.773. The average Bonchev–Trinajstić information content (AvgIpc) is 2.73. The maximum Gasteiger partial charge on any atom is 0.313 e. The van der Waals surface area contributed by atoms with Crippen LogP contribution >= 0.6 is 0 Å². The zero-order valence-electron chi connectivity index (χ0n) is 16.0. The molecule has 2 aromatic rings. The van der Waals surface area contributed by atoms with E-state index in [9.17, 15) is 19.6 Å². The molecule has 0 radical (unpaired) electrons. The van der Waals surface area contributed by atoms with E-state index in [0.29, 0.717) is 18.5 Å². The van der Waals surface area contributed by atoms with Gasteiger partial charge in [-0.2, -0.15) is 5.26 Å². The van der Waals surface area contributed by atoms with Crippen molar-refractivity contribution in [2.75, 3.05) is 11.9 Å². The van der Waals surface area contributed by atoms with E-state index in [-0.39, 0.29) is 23.2 Å². The van der Waals surface area contributed by atoms with Gasteiger partial charge in [-0.1, -0.05) is 25.1 Å². The Hall–Kier alpha value is -3.73.